The minimum Gasteiger partial charge on any atom is -0.394 e. The van der Waals surface area contributed by atoms with Crippen LogP contribution in [0.15, 0.2) is 17.1 Å². The number of nitrogens with one attached hydrogen (secondary N) is 1. The maximum absolute atomic E-state index is 12.0. The highest BCUT2D eigenvalue weighted by Crippen LogP contribution is 2.28. The zero-order chi connectivity index (χ0) is 16.1. The quantitative estimate of drug-likeness (QED) is 0.499. The SMILES string of the molecule is CCCCCNc1ccn([C@@H]2O[C@H](CO)[C@@H](O)[C@H]2O)c(=O)n1. The lowest BCUT2D eigenvalue weighted by molar-refractivity contribution is -0.0549. The van der Waals surface area contributed by atoms with Crippen molar-refractivity contribution in [1.82, 2.24) is 9.55 Å². The molecule has 22 heavy (non-hydrogen) atoms. The predicted octanol–water partition coefficient (Wildman–Crippen LogP) is -0.543. The largest absolute Gasteiger partial charge is 0.394 e. The molecule has 2 heterocycles. The lowest BCUT2D eigenvalue weighted by Gasteiger charge is -2.17. The fourth-order valence-electron chi connectivity index (χ4n) is 2.41. The normalized spacial score (nSPS) is 28.0. The number of unbranched alkanes of at least 4 members (excludes halogenated alkanes) is 2. The van der Waals surface area contributed by atoms with Crippen LogP contribution in [0.2, 0.25) is 0 Å². The molecule has 0 unspecified atom stereocenters. The maximum atomic E-state index is 12.0. The third-order valence-electron chi connectivity index (χ3n) is 3.71. The first-order valence-electron chi connectivity index (χ1n) is 7.54. The number of hydrogen-bond acceptors (Lipinski definition) is 7. The lowest BCUT2D eigenvalue weighted by atomic mass is 10.1. The predicted molar refractivity (Wildman–Crippen MR) is 79.5 cm³/mol. The molecule has 8 heteroatoms. The van der Waals surface area contributed by atoms with Crippen LogP contribution in [0.1, 0.15) is 32.4 Å². The standard InChI is InChI=1S/C14H23N3O5/c1-2-3-4-6-15-10-5-7-17(14(21)16-10)13-12(20)11(19)9(8-18)22-13/h5,7,9,11-13,18-20H,2-4,6,8H2,1H3,(H,15,16,21)/t9-,11-,12-,13-/m1/s1. The molecular formula is C14H23N3O5. The second-order valence-corrected chi connectivity index (χ2v) is 5.37. The number of aliphatic hydroxyl groups excluding tert-OH is 3. The van der Waals surface area contributed by atoms with Crippen molar-refractivity contribution in [2.75, 3.05) is 18.5 Å². The van der Waals surface area contributed by atoms with Gasteiger partial charge in [-0.15, -0.1) is 0 Å². The Morgan fingerprint density at radius 3 is 2.73 bits per heavy atom. The molecule has 1 fully saturated rings. The summed E-state index contributed by atoms with van der Waals surface area (Å²) in [5.41, 5.74) is -0.588. The Kier molecular flexibility index (Phi) is 5.90. The smallest absolute Gasteiger partial charge is 0.351 e. The molecule has 0 aromatic carbocycles. The van der Waals surface area contributed by atoms with Crippen molar-refractivity contribution in [3.05, 3.63) is 22.7 Å². The molecular weight excluding hydrogens is 290 g/mol. The van der Waals surface area contributed by atoms with E-state index in [9.17, 15) is 15.0 Å². The summed E-state index contributed by atoms with van der Waals surface area (Å²) in [7, 11) is 0. The Morgan fingerprint density at radius 2 is 2.14 bits per heavy atom. The molecule has 0 radical (unpaired) electrons. The summed E-state index contributed by atoms with van der Waals surface area (Å²) in [5, 5.41) is 31.8. The van der Waals surface area contributed by atoms with E-state index in [-0.39, 0.29) is 0 Å². The van der Waals surface area contributed by atoms with Gasteiger partial charge in [-0.2, -0.15) is 4.98 Å². The van der Waals surface area contributed by atoms with Gasteiger partial charge in [-0.05, 0) is 12.5 Å². The van der Waals surface area contributed by atoms with Crippen molar-refractivity contribution in [3.63, 3.8) is 0 Å². The fraction of sp³-hybridized carbons (Fsp3) is 0.714. The van der Waals surface area contributed by atoms with Crippen LogP contribution in [0.4, 0.5) is 5.82 Å². The zero-order valence-corrected chi connectivity index (χ0v) is 12.6. The Bertz CT molecular complexity index is 535. The van der Waals surface area contributed by atoms with E-state index in [0.717, 1.165) is 30.4 Å². The van der Waals surface area contributed by atoms with Gasteiger partial charge < -0.3 is 25.4 Å². The Labute approximate surface area is 128 Å². The third-order valence-corrected chi connectivity index (χ3v) is 3.71. The van der Waals surface area contributed by atoms with Crippen molar-refractivity contribution in [3.8, 4) is 0 Å². The van der Waals surface area contributed by atoms with Gasteiger partial charge in [0.1, 0.15) is 24.1 Å². The van der Waals surface area contributed by atoms with Gasteiger partial charge in [-0.1, -0.05) is 19.8 Å². The van der Waals surface area contributed by atoms with E-state index < -0.39 is 36.8 Å². The Morgan fingerprint density at radius 1 is 1.36 bits per heavy atom. The van der Waals surface area contributed by atoms with E-state index in [1.807, 2.05) is 0 Å². The van der Waals surface area contributed by atoms with Gasteiger partial charge in [0.15, 0.2) is 6.23 Å². The van der Waals surface area contributed by atoms with Gasteiger partial charge in [-0.25, -0.2) is 4.79 Å². The van der Waals surface area contributed by atoms with Crippen LogP contribution in [0.3, 0.4) is 0 Å². The molecule has 0 bridgehead atoms. The van der Waals surface area contributed by atoms with Crippen LogP contribution in [0.5, 0.6) is 0 Å². The minimum absolute atomic E-state index is 0.437. The average Bonchev–Trinajstić information content (AvgIpc) is 2.80. The molecule has 4 atom stereocenters. The van der Waals surface area contributed by atoms with Crippen molar-refractivity contribution in [2.24, 2.45) is 0 Å². The van der Waals surface area contributed by atoms with Crippen LogP contribution in [0.25, 0.3) is 0 Å². The molecule has 0 amide bonds. The average molecular weight is 313 g/mol. The van der Waals surface area contributed by atoms with Gasteiger partial charge in [0.25, 0.3) is 0 Å². The highest BCUT2D eigenvalue weighted by molar-refractivity contribution is 5.31. The van der Waals surface area contributed by atoms with E-state index in [2.05, 4.69) is 17.2 Å². The summed E-state index contributed by atoms with van der Waals surface area (Å²) in [6.07, 6.45) is 0.163. The molecule has 1 aromatic heterocycles. The van der Waals surface area contributed by atoms with Crippen LogP contribution >= 0.6 is 0 Å². The van der Waals surface area contributed by atoms with Gasteiger partial charge in [0, 0.05) is 12.7 Å². The summed E-state index contributed by atoms with van der Waals surface area (Å²) in [6.45, 7) is 2.41. The maximum Gasteiger partial charge on any atom is 0.351 e. The first-order valence-corrected chi connectivity index (χ1v) is 7.54. The summed E-state index contributed by atoms with van der Waals surface area (Å²) in [6, 6.07) is 1.61. The summed E-state index contributed by atoms with van der Waals surface area (Å²) in [5.74, 6) is 0.462. The van der Waals surface area contributed by atoms with Crippen LogP contribution < -0.4 is 11.0 Å². The lowest BCUT2D eigenvalue weighted by Crippen LogP contribution is -2.36. The number of hydrogen-bond donors (Lipinski definition) is 4. The van der Waals surface area contributed by atoms with E-state index in [4.69, 9.17) is 9.84 Å². The number of rotatable bonds is 7. The van der Waals surface area contributed by atoms with Crippen molar-refractivity contribution in [2.45, 2.75) is 50.7 Å². The number of aromatic nitrogens is 2. The molecule has 1 saturated heterocycles. The molecule has 124 valence electrons. The first kappa shape index (κ1) is 16.9. The molecule has 0 saturated carbocycles. The minimum atomic E-state index is -1.29. The highest BCUT2D eigenvalue weighted by atomic mass is 16.6. The number of ether oxygens (including phenoxy) is 1. The van der Waals surface area contributed by atoms with Crippen LogP contribution in [-0.4, -0.2) is 56.3 Å². The van der Waals surface area contributed by atoms with Crippen LogP contribution in [0, 0.1) is 0 Å². The molecule has 0 spiro atoms. The molecule has 4 N–H and O–H groups in total. The monoisotopic (exact) mass is 313 g/mol. The van der Waals surface area contributed by atoms with Gasteiger partial charge in [-0.3, -0.25) is 4.57 Å². The first-order chi connectivity index (χ1) is 10.6. The molecule has 1 aliphatic rings. The van der Waals surface area contributed by atoms with Gasteiger partial charge >= 0.3 is 5.69 Å². The van der Waals surface area contributed by atoms with E-state index in [1.165, 1.54) is 6.20 Å². The second kappa shape index (κ2) is 7.68. The number of anilines is 1. The van der Waals surface area contributed by atoms with Crippen molar-refractivity contribution in [1.29, 1.82) is 0 Å². The highest BCUT2D eigenvalue weighted by Gasteiger charge is 2.43. The Hall–Kier alpha value is -1.48. The van der Waals surface area contributed by atoms with E-state index >= 15 is 0 Å². The summed E-state index contributed by atoms with van der Waals surface area (Å²) >= 11 is 0. The third kappa shape index (κ3) is 3.64. The van der Waals surface area contributed by atoms with E-state index in [1.54, 1.807) is 6.07 Å². The Balaban J connectivity index is 2.05. The fourth-order valence-corrected chi connectivity index (χ4v) is 2.41. The zero-order valence-electron chi connectivity index (χ0n) is 12.6. The van der Waals surface area contributed by atoms with Crippen molar-refractivity contribution < 1.29 is 20.1 Å². The van der Waals surface area contributed by atoms with Gasteiger partial charge in [0.05, 0.1) is 6.61 Å². The van der Waals surface area contributed by atoms with E-state index in [0.29, 0.717) is 5.82 Å². The molecule has 2 rings (SSSR count). The van der Waals surface area contributed by atoms with Crippen molar-refractivity contribution >= 4 is 5.82 Å². The van der Waals surface area contributed by atoms with Crippen LogP contribution in [-0.2, 0) is 4.74 Å². The molecule has 1 aliphatic heterocycles. The molecule has 8 nitrogen and oxygen atoms in total. The van der Waals surface area contributed by atoms with Gasteiger partial charge in [0.2, 0.25) is 0 Å². The topological polar surface area (TPSA) is 117 Å². The summed E-state index contributed by atoms with van der Waals surface area (Å²) in [4.78, 5) is 15.9. The second-order valence-electron chi connectivity index (χ2n) is 5.37. The number of aliphatic hydroxyl groups is 3. The molecule has 0 aliphatic carbocycles. The number of nitrogens with zero attached hydrogens (tertiary/aromatic N) is 2. The summed E-state index contributed by atoms with van der Waals surface area (Å²) < 4.78 is 6.42. The molecule has 1 aromatic rings.